The fourth-order valence-electron chi connectivity index (χ4n) is 2.79. The van der Waals surface area contributed by atoms with Crippen molar-refractivity contribution in [2.24, 2.45) is 11.8 Å². The van der Waals surface area contributed by atoms with Crippen LogP contribution in [0.15, 0.2) is 16.5 Å². The minimum Gasteiger partial charge on any atom is -0.463 e. The van der Waals surface area contributed by atoms with Gasteiger partial charge in [-0.2, -0.15) is 0 Å². The molecule has 114 valence electrons. The number of hydrogen-bond acceptors (Lipinski definition) is 3. The Morgan fingerprint density at radius 3 is 2.85 bits per heavy atom. The summed E-state index contributed by atoms with van der Waals surface area (Å²) in [6.07, 6.45) is 4.02. The van der Waals surface area contributed by atoms with Crippen LogP contribution in [0.25, 0.3) is 0 Å². The van der Waals surface area contributed by atoms with Crippen LogP contribution >= 0.6 is 0 Å². The molecule has 1 N–H and O–H groups in total. The molecule has 1 unspecified atom stereocenters. The Morgan fingerprint density at radius 1 is 1.25 bits per heavy atom. The van der Waals surface area contributed by atoms with Gasteiger partial charge in [-0.25, -0.2) is 0 Å². The van der Waals surface area contributed by atoms with Gasteiger partial charge >= 0.3 is 0 Å². The summed E-state index contributed by atoms with van der Waals surface area (Å²) < 4.78 is 5.93. The van der Waals surface area contributed by atoms with E-state index in [1.807, 2.05) is 0 Å². The van der Waals surface area contributed by atoms with Gasteiger partial charge in [0.25, 0.3) is 0 Å². The van der Waals surface area contributed by atoms with Gasteiger partial charge in [0.2, 0.25) is 0 Å². The standard InChI is InChI=1S/C17H30N2O/c1-14(2)11-18-12-16-6-7-17(20-16)13-19-9-4-5-15(3)8-10-19/h6-7,14-15,18H,4-5,8-13H2,1-3H3. The lowest BCUT2D eigenvalue weighted by molar-refractivity contribution is 0.247. The number of nitrogens with one attached hydrogen (secondary N) is 1. The van der Waals surface area contributed by atoms with Gasteiger partial charge in [0.15, 0.2) is 0 Å². The second-order valence-electron chi connectivity index (χ2n) is 6.70. The zero-order valence-electron chi connectivity index (χ0n) is 13.3. The molecule has 0 bridgehead atoms. The second-order valence-corrected chi connectivity index (χ2v) is 6.70. The zero-order chi connectivity index (χ0) is 14.4. The minimum absolute atomic E-state index is 0.684. The van der Waals surface area contributed by atoms with Crippen molar-refractivity contribution in [1.82, 2.24) is 10.2 Å². The Labute approximate surface area is 123 Å². The average molecular weight is 278 g/mol. The number of likely N-dealkylation sites (tertiary alicyclic amines) is 1. The van der Waals surface area contributed by atoms with E-state index < -0.39 is 0 Å². The van der Waals surface area contributed by atoms with E-state index >= 15 is 0 Å². The molecule has 3 nitrogen and oxygen atoms in total. The average Bonchev–Trinajstić information content (AvgIpc) is 2.72. The van der Waals surface area contributed by atoms with Crippen LogP contribution in [-0.4, -0.2) is 24.5 Å². The molecule has 2 rings (SSSR count). The van der Waals surface area contributed by atoms with Crippen molar-refractivity contribution in [3.8, 4) is 0 Å². The molecule has 0 spiro atoms. The number of rotatable bonds is 6. The third-order valence-corrected chi connectivity index (χ3v) is 4.06. The Kier molecular flexibility index (Phi) is 6.11. The highest BCUT2D eigenvalue weighted by Gasteiger charge is 2.15. The molecular weight excluding hydrogens is 248 g/mol. The van der Waals surface area contributed by atoms with Gasteiger partial charge in [-0.1, -0.05) is 20.8 Å². The van der Waals surface area contributed by atoms with E-state index in [1.54, 1.807) is 0 Å². The summed E-state index contributed by atoms with van der Waals surface area (Å²) in [5.74, 6) is 3.74. The molecule has 0 saturated carbocycles. The fraction of sp³-hybridized carbons (Fsp3) is 0.765. The van der Waals surface area contributed by atoms with Crippen LogP contribution in [-0.2, 0) is 13.1 Å². The van der Waals surface area contributed by atoms with Gasteiger partial charge in [0, 0.05) is 0 Å². The molecule has 0 radical (unpaired) electrons. The maximum atomic E-state index is 5.93. The molecule has 1 fully saturated rings. The zero-order valence-corrected chi connectivity index (χ0v) is 13.3. The van der Waals surface area contributed by atoms with Crippen molar-refractivity contribution in [3.05, 3.63) is 23.7 Å². The molecule has 0 aliphatic carbocycles. The topological polar surface area (TPSA) is 28.4 Å². The Morgan fingerprint density at radius 2 is 2.05 bits per heavy atom. The molecule has 1 saturated heterocycles. The monoisotopic (exact) mass is 278 g/mol. The molecule has 1 atom stereocenters. The van der Waals surface area contributed by atoms with Crippen molar-refractivity contribution in [2.45, 2.75) is 53.1 Å². The van der Waals surface area contributed by atoms with Crippen LogP contribution in [0.2, 0.25) is 0 Å². The predicted molar refractivity (Wildman–Crippen MR) is 83.5 cm³/mol. The summed E-state index contributed by atoms with van der Waals surface area (Å²) in [4.78, 5) is 2.54. The van der Waals surface area contributed by atoms with Crippen molar-refractivity contribution in [3.63, 3.8) is 0 Å². The SMILES string of the molecule is CC(C)CNCc1ccc(CN2CCCC(C)CC2)o1. The summed E-state index contributed by atoms with van der Waals surface area (Å²) in [5, 5.41) is 3.43. The van der Waals surface area contributed by atoms with E-state index in [0.717, 1.165) is 37.1 Å². The molecule has 1 aromatic heterocycles. The molecular formula is C17H30N2O. The van der Waals surface area contributed by atoms with E-state index in [-0.39, 0.29) is 0 Å². The van der Waals surface area contributed by atoms with Gasteiger partial charge in [0.05, 0.1) is 13.1 Å². The van der Waals surface area contributed by atoms with Crippen molar-refractivity contribution in [2.75, 3.05) is 19.6 Å². The first-order valence-corrected chi connectivity index (χ1v) is 8.14. The summed E-state index contributed by atoms with van der Waals surface area (Å²) in [6.45, 7) is 12.1. The highest BCUT2D eigenvalue weighted by atomic mass is 16.3. The van der Waals surface area contributed by atoms with E-state index in [9.17, 15) is 0 Å². The molecule has 1 aliphatic rings. The Balaban J connectivity index is 1.77. The maximum Gasteiger partial charge on any atom is 0.118 e. The summed E-state index contributed by atoms with van der Waals surface area (Å²) in [7, 11) is 0. The van der Waals surface area contributed by atoms with Crippen LogP contribution in [0.5, 0.6) is 0 Å². The maximum absolute atomic E-state index is 5.93. The van der Waals surface area contributed by atoms with Crippen molar-refractivity contribution < 1.29 is 4.42 Å². The normalized spacial score (nSPS) is 21.3. The van der Waals surface area contributed by atoms with Gasteiger partial charge in [0.1, 0.15) is 11.5 Å². The highest BCUT2D eigenvalue weighted by molar-refractivity contribution is 5.07. The van der Waals surface area contributed by atoms with Crippen molar-refractivity contribution >= 4 is 0 Å². The minimum atomic E-state index is 0.684. The molecule has 1 aliphatic heterocycles. The molecule has 1 aromatic rings. The smallest absolute Gasteiger partial charge is 0.118 e. The lowest BCUT2D eigenvalue weighted by Gasteiger charge is -2.18. The van der Waals surface area contributed by atoms with Crippen molar-refractivity contribution in [1.29, 1.82) is 0 Å². The first-order chi connectivity index (χ1) is 9.63. The first-order valence-electron chi connectivity index (χ1n) is 8.14. The van der Waals surface area contributed by atoms with Gasteiger partial charge in [-0.3, -0.25) is 4.90 Å². The third-order valence-electron chi connectivity index (χ3n) is 4.06. The van der Waals surface area contributed by atoms with Crippen LogP contribution in [0, 0.1) is 11.8 Å². The van der Waals surface area contributed by atoms with Crippen LogP contribution < -0.4 is 5.32 Å². The largest absolute Gasteiger partial charge is 0.463 e. The number of hydrogen-bond donors (Lipinski definition) is 1. The first kappa shape index (κ1) is 15.6. The fourth-order valence-corrected chi connectivity index (χ4v) is 2.79. The molecule has 20 heavy (non-hydrogen) atoms. The quantitative estimate of drug-likeness (QED) is 0.861. The van der Waals surface area contributed by atoms with E-state index in [2.05, 4.69) is 43.1 Å². The van der Waals surface area contributed by atoms with Crippen LogP contribution in [0.4, 0.5) is 0 Å². The number of nitrogens with zero attached hydrogens (tertiary/aromatic N) is 1. The molecule has 0 amide bonds. The molecule has 2 heterocycles. The van der Waals surface area contributed by atoms with Gasteiger partial charge in [-0.15, -0.1) is 0 Å². The summed E-state index contributed by atoms with van der Waals surface area (Å²) in [5.41, 5.74) is 0. The Hall–Kier alpha value is -0.800. The van der Waals surface area contributed by atoms with Crippen LogP contribution in [0.3, 0.4) is 0 Å². The summed E-state index contributed by atoms with van der Waals surface area (Å²) in [6, 6.07) is 4.25. The number of furan rings is 1. The lowest BCUT2D eigenvalue weighted by atomic mass is 10.0. The Bertz CT molecular complexity index is 386. The van der Waals surface area contributed by atoms with E-state index in [1.165, 1.54) is 32.4 Å². The summed E-state index contributed by atoms with van der Waals surface area (Å²) >= 11 is 0. The van der Waals surface area contributed by atoms with E-state index in [4.69, 9.17) is 4.42 Å². The van der Waals surface area contributed by atoms with E-state index in [0.29, 0.717) is 5.92 Å². The van der Waals surface area contributed by atoms with Gasteiger partial charge < -0.3 is 9.73 Å². The van der Waals surface area contributed by atoms with Crippen LogP contribution in [0.1, 0.15) is 51.6 Å². The highest BCUT2D eigenvalue weighted by Crippen LogP contribution is 2.19. The second kappa shape index (κ2) is 7.84. The predicted octanol–water partition coefficient (Wildman–Crippen LogP) is 3.65. The molecule has 0 aromatic carbocycles. The third kappa shape index (κ3) is 5.29. The van der Waals surface area contributed by atoms with Gasteiger partial charge in [-0.05, 0) is 62.9 Å². The molecule has 3 heteroatoms. The lowest BCUT2D eigenvalue weighted by Crippen LogP contribution is -2.24.